The summed E-state index contributed by atoms with van der Waals surface area (Å²) in [7, 11) is -4.27. The monoisotopic (exact) mass is 338 g/mol. The van der Waals surface area contributed by atoms with Crippen LogP contribution in [0.15, 0.2) is 46.2 Å². The number of hydrogen-bond acceptors (Lipinski definition) is 7. The fraction of sp³-hybridized carbons (Fsp3) is 0.0769. The molecule has 0 aliphatic heterocycles. The lowest BCUT2D eigenvalue weighted by molar-refractivity contribution is -0.396. The zero-order valence-electron chi connectivity index (χ0n) is 11.7. The van der Waals surface area contributed by atoms with Crippen molar-refractivity contribution in [2.24, 2.45) is 0 Å². The van der Waals surface area contributed by atoms with E-state index in [1.54, 1.807) is 0 Å². The van der Waals surface area contributed by atoms with Gasteiger partial charge in [-0.05, 0) is 36.8 Å². The number of non-ortho nitro benzene ring substituents is 1. The van der Waals surface area contributed by atoms with Crippen molar-refractivity contribution in [1.29, 1.82) is 0 Å². The van der Waals surface area contributed by atoms with Gasteiger partial charge in [0.1, 0.15) is 10.6 Å². The second kappa shape index (κ2) is 5.65. The molecule has 1 N–H and O–H groups in total. The van der Waals surface area contributed by atoms with E-state index in [4.69, 9.17) is 0 Å². The second-order valence-electron chi connectivity index (χ2n) is 4.62. The highest BCUT2D eigenvalue weighted by molar-refractivity contribution is 7.91. The minimum atomic E-state index is -4.27. The van der Waals surface area contributed by atoms with Gasteiger partial charge in [-0.3, -0.25) is 20.2 Å². The average Bonchev–Trinajstić information content (AvgIpc) is 2.49. The van der Waals surface area contributed by atoms with Gasteiger partial charge in [-0.25, -0.2) is 8.42 Å². The first-order valence-electron chi connectivity index (χ1n) is 6.12. The van der Waals surface area contributed by atoms with E-state index in [0.29, 0.717) is 6.07 Å². The Kier molecular flexibility index (Phi) is 4.02. The van der Waals surface area contributed by atoms with Crippen molar-refractivity contribution in [3.8, 4) is 5.75 Å². The predicted molar refractivity (Wildman–Crippen MR) is 78.0 cm³/mol. The largest absolute Gasteiger partial charge is 0.508 e. The summed E-state index contributed by atoms with van der Waals surface area (Å²) in [6.45, 7) is 1.47. The number of aryl methyl sites for hydroxylation is 1. The fourth-order valence-corrected chi connectivity index (χ4v) is 3.40. The molecular weight excluding hydrogens is 328 g/mol. The lowest BCUT2D eigenvalue weighted by Gasteiger charge is -2.07. The standard InChI is InChI=1S/C13H10N2O7S/c1-8-6-10(3-4-12(8)16)23(21,22)13-5-2-9(14(17)18)7-11(13)15(19)20/h2-7,16H,1H3. The summed E-state index contributed by atoms with van der Waals surface area (Å²) in [4.78, 5) is 19.0. The van der Waals surface area contributed by atoms with Gasteiger partial charge in [0, 0.05) is 6.07 Å². The molecular formula is C13H10N2O7S. The van der Waals surface area contributed by atoms with Gasteiger partial charge in [-0.1, -0.05) is 0 Å². The Morgan fingerprint density at radius 1 is 1.00 bits per heavy atom. The Labute approximate surface area is 130 Å². The molecule has 0 bridgehead atoms. The predicted octanol–water partition coefficient (Wildman–Crippen LogP) is 2.35. The van der Waals surface area contributed by atoms with Crippen molar-refractivity contribution in [3.63, 3.8) is 0 Å². The van der Waals surface area contributed by atoms with Crippen LogP contribution in [0.2, 0.25) is 0 Å². The van der Waals surface area contributed by atoms with Crippen LogP contribution >= 0.6 is 0 Å². The van der Waals surface area contributed by atoms with Crippen LogP contribution in [0.5, 0.6) is 5.75 Å². The van der Waals surface area contributed by atoms with Crippen molar-refractivity contribution in [2.45, 2.75) is 16.7 Å². The molecule has 0 unspecified atom stereocenters. The Morgan fingerprint density at radius 2 is 1.65 bits per heavy atom. The number of nitrogens with zero attached hydrogens (tertiary/aromatic N) is 2. The molecule has 0 amide bonds. The van der Waals surface area contributed by atoms with Gasteiger partial charge in [0.05, 0.1) is 20.8 Å². The molecule has 0 heterocycles. The summed E-state index contributed by atoms with van der Waals surface area (Å²) in [5, 5.41) is 31.2. The molecule has 120 valence electrons. The lowest BCUT2D eigenvalue weighted by atomic mass is 10.2. The summed E-state index contributed by atoms with van der Waals surface area (Å²) < 4.78 is 25.1. The number of hydrogen-bond donors (Lipinski definition) is 1. The van der Waals surface area contributed by atoms with Gasteiger partial charge < -0.3 is 5.11 Å². The number of aromatic hydroxyl groups is 1. The summed E-state index contributed by atoms with van der Waals surface area (Å²) >= 11 is 0. The minimum Gasteiger partial charge on any atom is -0.508 e. The quantitative estimate of drug-likeness (QED) is 0.666. The first-order valence-corrected chi connectivity index (χ1v) is 7.60. The number of sulfone groups is 1. The van der Waals surface area contributed by atoms with Crippen molar-refractivity contribution < 1.29 is 23.4 Å². The number of benzene rings is 2. The van der Waals surface area contributed by atoms with Crippen LogP contribution in [0.4, 0.5) is 11.4 Å². The van der Waals surface area contributed by atoms with Crippen molar-refractivity contribution >= 4 is 21.2 Å². The van der Waals surface area contributed by atoms with E-state index in [-0.39, 0.29) is 16.2 Å². The first kappa shape index (κ1) is 16.4. The fourth-order valence-electron chi connectivity index (χ4n) is 1.91. The molecule has 0 aromatic heterocycles. The van der Waals surface area contributed by atoms with E-state index in [2.05, 4.69) is 0 Å². The van der Waals surface area contributed by atoms with Gasteiger partial charge in [-0.15, -0.1) is 0 Å². The summed E-state index contributed by atoms with van der Waals surface area (Å²) in [6, 6.07) is 5.72. The van der Waals surface area contributed by atoms with E-state index in [1.165, 1.54) is 6.92 Å². The van der Waals surface area contributed by atoms with Crippen LogP contribution < -0.4 is 0 Å². The normalized spacial score (nSPS) is 11.2. The second-order valence-corrected chi connectivity index (χ2v) is 6.54. The Bertz CT molecular complexity index is 922. The smallest absolute Gasteiger partial charge is 0.295 e. The van der Waals surface area contributed by atoms with E-state index < -0.39 is 36.0 Å². The van der Waals surface area contributed by atoms with E-state index in [0.717, 1.165) is 30.3 Å². The first-order chi connectivity index (χ1) is 10.6. The summed E-state index contributed by atoms with van der Waals surface area (Å²) in [6.07, 6.45) is 0. The molecule has 0 radical (unpaired) electrons. The van der Waals surface area contributed by atoms with E-state index >= 15 is 0 Å². The molecule has 0 fully saturated rings. The molecule has 2 aromatic carbocycles. The SMILES string of the molecule is Cc1cc(S(=O)(=O)c2ccc([N+](=O)[O-])cc2[N+](=O)[O-])ccc1O. The maximum absolute atomic E-state index is 12.5. The minimum absolute atomic E-state index is 0.123. The van der Waals surface area contributed by atoms with Crippen molar-refractivity contribution in [2.75, 3.05) is 0 Å². The molecule has 23 heavy (non-hydrogen) atoms. The van der Waals surface area contributed by atoms with E-state index in [9.17, 15) is 33.8 Å². The molecule has 10 heteroatoms. The molecule has 0 aliphatic rings. The topological polar surface area (TPSA) is 141 Å². The lowest BCUT2D eigenvalue weighted by Crippen LogP contribution is -2.06. The molecule has 0 spiro atoms. The molecule has 0 saturated carbocycles. The van der Waals surface area contributed by atoms with Crippen molar-refractivity contribution in [1.82, 2.24) is 0 Å². The van der Waals surface area contributed by atoms with Crippen LogP contribution in [0, 0.1) is 27.2 Å². The van der Waals surface area contributed by atoms with Gasteiger partial charge in [0.2, 0.25) is 9.84 Å². The van der Waals surface area contributed by atoms with Gasteiger partial charge in [0.15, 0.2) is 0 Å². The number of rotatable bonds is 4. The molecule has 0 aliphatic carbocycles. The summed E-state index contributed by atoms with van der Waals surface area (Å²) in [5.74, 6) is -0.123. The third-order valence-electron chi connectivity index (χ3n) is 3.12. The number of nitro groups is 2. The zero-order chi connectivity index (χ0) is 17.4. The molecule has 0 saturated heterocycles. The van der Waals surface area contributed by atoms with Crippen LogP contribution in [0.1, 0.15) is 5.56 Å². The van der Waals surface area contributed by atoms with Crippen LogP contribution in [0.25, 0.3) is 0 Å². The molecule has 9 nitrogen and oxygen atoms in total. The third-order valence-corrected chi connectivity index (χ3v) is 4.92. The number of phenols is 1. The van der Waals surface area contributed by atoms with Crippen LogP contribution in [-0.4, -0.2) is 23.4 Å². The number of nitro benzene ring substituents is 2. The zero-order valence-corrected chi connectivity index (χ0v) is 12.5. The maximum atomic E-state index is 12.5. The highest BCUT2D eigenvalue weighted by Crippen LogP contribution is 2.33. The van der Waals surface area contributed by atoms with Gasteiger partial charge >= 0.3 is 0 Å². The van der Waals surface area contributed by atoms with Crippen LogP contribution in [0.3, 0.4) is 0 Å². The summed E-state index contributed by atoms with van der Waals surface area (Å²) in [5.41, 5.74) is -1.20. The van der Waals surface area contributed by atoms with Gasteiger partial charge in [0.25, 0.3) is 11.4 Å². The Balaban J connectivity index is 2.70. The third kappa shape index (κ3) is 2.97. The van der Waals surface area contributed by atoms with E-state index in [1.807, 2.05) is 0 Å². The number of phenolic OH excluding ortho intramolecular Hbond substituents is 1. The Morgan fingerprint density at radius 3 is 2.17 bits per heavy atom. The maximum Gasteiger partial charge on any atom is 0.295 e. The molecule has 0 atom stereocenters. The Hall–Kier alpha value is -3.01. The van der Waals surface area contributed by atoms with Gasteiger partial charge in [-0.2, -0.15) is 0 Å². The highest BCUT2D eigenvalue weighted by atomic mass is 32.2. The average molecular weight is 338 g/mol. The van der Waals surface area contributed by atoms with Crippen molar-refractivity contribution in [3.05, 3.63) is 62.2 Å². The molecule has 2 aromatic rings. The highest BCUT2D eigenvalue weighted by Gasteiger charge is 2.30. The van der Waals surface area contributed by atoms with Crippen LogP contribution in [-0.2, 0) is 9.84 Å². The molecule has 2 rings (SSSR count).